The number of benzene rings is 1. The molecule has 1 aromatic rings. The predicted molar refractivity (Wildman–Crippen MR) is 64.0 cm³/mol. The molecule has 0 amide bonds. The van der Waals surface area contributed by atoms with Gasteiger partial charge in [0.15, 0.2) is 0 Å². The van der Waals surface area contributed by atoms with Crippen LogP contribution in [0.3, 0.4) is 0 Å². The van der Waals surface area contributed by atoms with Gasteiger partial charge < -0.3 is 10.4 Å². The molecule has 0 radical (unpaired) electrons. The molecule has 1 rings (SSSR count). The average Bonchev–Trinajstić information content (AvgIpc) is 2.23. The minimum atomic E-state index is 0.347. The van der Waals surface area contributed by atoms with Gasteiger partial charge in [-0.25, -0.2) is 0 Å². The third-order valence-electron chi connectivity index (χ3n) is 2.45. The summed E-state index contributed by atoms with van der Waals surface area (Å²) in [6.45, 7) is 4.14. The Bertz CT molecular complexity index is 273. The quantitative estimate of drug-likeness (QED) is 0.673. The van der Waals surface area contributed by atoms with Crippen molar-refractivity contribution in [3.05, 3.63) is 29.8 Å². The largest absolute Gasteiger partial charge is 0.508 e. The van der Waals surface area contributed by atoms with Crippen molar-refractivity contribution in [3.63, 3.8) is 0 Å². The number of unbranched alkanes of at least 4 members (excludes halogenated alkanes) is 3. The molecule has 0 aromatic heterocycles. The molecular formula is C13H21NO. The highest BCUT2D eigenvalue weighted by molar-refractivity contribution is 5.26. The summed E-state index contributed by atoms with van der Waals surface area (Å²) < 4.78 is 0. The molecule has 0 saturated carbocycles. The minimum absolute atomic E-state index is 0.347. The summed E-state index contributed by atoms with van der Waals surface area (Å²) >= 11 is 0. The van der Waals surface area contributed by atoms with Crippen molar-refractivity contribution in [2.75, 3.05) is 6.54 Å². The molecule has 2 N–H and O–H groups in total. The molecule has 0 bridgehead atoms. The zero-order valence-electron chi connectivity index (χ0n) is 9.50. The van der Waals surface area contributed by atoms with Gasteiger partial charge in [0.1, 0.15) is 5.75 Å². The molecule has 2 heteroatoms. The average molecular weight is 207 g/mol. The van der Waals surface area contributed by atoms with Gasteiger partial charge in [-0.2, -0.15) is 0 Å². The summed E-state index contributed by atoms with van der Waals surface area (Å²) in [6.07, 6.45) is 5.16. The van der Waals surface area contributed by atoms with Crippen molar-refractivity contribution in [1.82, 2.24) is 5.32 Å². The summed E-state index contributed by atoms with van der Waals surface area (Å²) in [7, 11) is 0. The second-order valence-electron chi connectivity index (χ2n) is 3.91. The highest BCUT2D eigenvalue weighted by Crippen LogP contribution is 2.10. The molecule has 0 fully saturated rings. The number of hydrogen-bond donors (Lipinski definition) is 2. The van der Waals surface area contributed by atoms with Crippen molar-refractivity contribution in [1.29, 1.82) is 0 Å². The maximum atomic E-state index is 9.26. The summed E-state index contributed by atoms with van der Waals surface area (Å²) in [4.78, 5) is 0. The molecule has 84 valence electrons. The van der Waals surface area contributed by atoms with E-state index in [1.807, 2.05) is 12.1 Å². The molecule has 0 heterocycles. The fraction of sp³-hybridized carbons (Fsp3) is 0.538. The van der Waals surface area contributed by atoms with E-state index in [-0.39, 0.29) is 0 Å². The molecule has 15 heavy (non-hydrogen) atoms. The number of hydrogen-bond acceptors (Lipinski definition) is 2. The predicted octanol–water partition coefficient (Wildman–Crippen LogP) is 3.06. The van der Waals surface area contributed by atoms with Gasteiger partial charge in [0.05, 0.1) is 0 Å². The lowest BCUT2D eigenvalue weighted by atomic mass is 10.2. The second-order valence-corrected chi connectivity index (χ2v) is 3.91. The molecule has 0 unspecified atom stereocenters. The van der Waals surface area contributed by atoms with E-state index in [4.69, 9.17) is 0 Å². The summed E-state index contributed by atoms with van der Waals surface area (Å²) in [5, 5.41) is 12.6. The van der Waals surface area contributed by atoms with Gasteiger partial charge in [-0.1, -0.05) is 38.3 Å². The standard InChI is InChI=1S/C13H21NO/c1-2-3-4-5-9-14-11-12-7-6-8-13(15)10-12/h6-8,10,14-15H,2-5,9,11H2,1H3. The lowest BCUT2D eigenvalue weighted by Gasteiger charge is -2.04. The van der Waals surface area contributed by atoms with Crippen LogP contribution in [-0.2, 0) is 6.54 Å². The molecule has 2 nitrogen and oxygen atoms in total. The van der Waals surface area contributed by atoms with Gasteiger partial charge in [0.25, 0.3) is 0 Å². The third kappa shape index (κ3) is 5.43. The van der Waals surface area contributed by atoms with E-state index >= 15 is 0 Å². The van der Waals surface area contributed by atoms with Gasteiger partial charge in [-0.15, -0.1) is 0 Å². The Balaban J connectivity index is 2.10. The second kappa shape index (κ2) is 7.30. The Morgan fingerprint density at radius 3 is 2.80 bits per heavy atom. The maximum absolute atomic E-state index is 9.26. The molecule has 0 saturated heterocycles. The van der Waals surface area contributed by atoms with Crippen LogP contribution in [-0.4, -0.2) is 11.7 Å². The molecule has 0 atom stereocenters. The smallest absolute Gasteiger partial charge is 0.115 e. The van der Waals surface area contributed by atoms with Crippen molar-refractivity contribution in [3.8, 4) is 5.75 Å². The van der Waals surface area contributed by atoms with Crippen molar-refractivity contribution < 1.29 is 5.11 Å². The van der Waals surface area contributed by atoms with Crippen molar-refractivity contribution in [2.24, 2.45) is 0 Å². The van der Waals surface area contributed by atoms with E-state index in [0.717, 1.165) is 18.7 Å². The molecule has 0 spiro atoms. The van der Waals surface area contributed by atoms with Crippen molar-refractivity contribution >= 4 is 0 Å². The Morgan fingerprint density at radius 1 is 1.20 bits per heavy atom. The fourth-order valence-corrected chi connectivity index (χ4v) is 1.58. The van der Waals surface area contributed by atoms with Crippen LogP contribution in [0.25, 0.3) is 0 Å². The number of phenols is 1. The van der Waals surface area contributed by atoms with Crippen LogP contribution in [0.1, 0.15) is 38.2 Å². The molecular weight excluding hydrogens is 186 g/mol. The van der Waals surface area contributed by atoms with Crippen LogP contribution in [0.5, 0.6) is 5.75 Å². The van der Waals surface area contributed by atoms with E-state index in [1.54, 1.807) is 12.1 Å². The Kier molecular flexibility index (Phi) is 5.86. The highest BCUT2D eigenvalue weighted by atomic mass is 16.3. The third-order valence-corrected chi connectivity index (χ3v) is 2.45. The Morgan fingerprint density at radius 2 is 2.07 bits per heavy atom. The van der Waals surface area contributed by atoms with E-state index in [9.17, 15) is 5.11 Å². The summed E-state index contributed by atoms with van der Waals surface area (Å²) in [5.41, 5.74) is 1.14. The SMILES string of the molecule is CCCCCCNCc1cccc(O)c1. The van der Waals surface area contributed by atoms with E-state index in [0.29, 0.717) is 5.75 Å². The lowest BCUT2D eigenvalue weighted by molar-refractivity contribution is 0.474. The van der Waals surface area contributed by atoms with Crippen LogP contribution in [0.15, 0.2) is 24.3 Å². The highest BCUT2D eigenvalue weighted by Gasteiger charge is 1.93. The van der Waals surface area contributed by atoms with Crippen LogP contribution >= 0.6 is 0 Å². The van der Waals surface area contributed by atoms with Crippen LogP contribution in [0.4, 0.5) is 0 Å². The van der Waals surface area contributed by atoms with E-state index < -0.39 is 0 Å². The topological polar surface area (TPSA) is 32.3 Å². The zero-order valence-corrected chi connectivity index (χ0v) is 9.50. The van der Waals surface area contributed by atoms with Gasteiger partial charge in [0, 0.05) is 6.54 Å². The van der Waals surface area contributed by atoms with Gasteiger partial charge in [0.2, 0.25) is 0 Å². The van der Waals surface area contributed by atoms with Gasteiger partial charge >= 0.3 is 0 Å². The molecule has 0 aliphatic carbocycles. The zero-order chi connectivity index (χ0) is 10.9. The lowest BCUT2D eigenvalue weighted by Crippen LogP contribution is -2.14. The monoisotopic (exact) mass is 207 g/mol. The van der Waals surface area contributed by atoms with Crippen LogP contribution in [0.2, 0.25) is 0 Å². The number of phenolic OH excluding ortho intramolecular Hbond substituents is 1. The first kappa shape index (κ1) is 12.1. The van der Waals surface area contributed by atoms with Crippen LogP contribution < -0.4 is 5.32 Å². The maximum Gasteiger partial charge on any atom is 0.115 e. The van der Waals surface area contributed by atoms with E-state index in [2.05, 4.69) is 12.2 Å². The fourth-order valence-electron chi connectivity index (χ4n) is 1.58. The van der Waals surface area contributed by atoms with Gasteiger partial charge in [-0.3, -0.25) is 0 Å². The molecule has 0 aliphatic heterocycles. The number of rotatable bonds is 7. The summed E-state index contributed by atoms with van der Waals surface area (Å²) in [6, 6.07) is 7.41. The van der Waals surface area contributed by atoms with Crippen LogP contribution in [0, 0.1) is 0 Å². The first-order valence-electron chi connectivity index (χ1n) is 5.81. The molecule has 1 aromatic carbocycles. The van der Waals surface area contributed by atoms with Crippen molar-refractivity contribution in [2.45, 2.75) is 39.2 Å². The Hall–Kier alpha value is -1.02. The van der Waals surface area contributed by atoms with E-state index in [1.165, 1.54) is 25.7 Å². The normalized spacial score (nSPS) is 10.5. The summed E-state index contributed by atoms with van der Waals surface area (Å²) in [5.74, 6) is 0.347. The first-order valence-corrected chi connectivity index (χ1v) is 5.81. The minimum Gasteiger partial charge on any atom is -0.508 e. The molecule has 0 aliphatic rings. The number of nitrogens with one attached hydrogen (secondary N) is 1. The van der Waals surface area contributed by atoms with Gasteiger partial charge in [-0.05, 0) is 30.7 Å². The first-order chi connectivity index (χ1) is 7.33. The number of aromatic hydroxyl groups is 1. The Labute approximate surface area is 92.3 Å².